The Balaban J connectivity index is 1.36. The quantitative estimate of drug-likeness (QED) is 0.323. The van der Waals surface area contributed by atoms with Crippen molar-refractivity contribution in [1.29, 1.82) is 0 Å². The van der Waals surface area contributed by atoms with Gasteiger partial charge in [-0.2, -0.15) is 0 Å². The van der Waals surface area contributed by atoms with Crippen LogP contribution in [0.25, 0.3) is 10.8 Å². The van der Waals surface area contributed by atoms with E-state index in [0.717, 1.165) is 70.3 Å². The number of hydrogen-bond donors (Lipinski definition) is 1. The fraction of sp³-hybridized carbons (Fsp3) is 0.214. The summed E-state index contributed by atoms with van der Waals surface area (Å²) < 4.78 is 24.9. The van der Waals surface area contributed by atoms with Gasteiger partial charge in [0, 0.05) is 30.9 Å². The Morgan fingerprint density at radius 1 is 0.941 bits per heavy atom. The molecule has 1 fully saturated rings. The van der Waals surface area contributed by atoms with Gasteiger partial charge < -0.3 is 19.7 Å². The van der Waals surface area contributed by atoms with Gasteiger partial charge in [0.2, 0.25) is 0 Å². The molecule has 174 valence electrons. The molecule has 0 spiro atoms. The average Bonchev–Trinajstić information content (AvgIpc) is 2.88. The van der Waals surface area contributed by atoms with Gasteiger partial charge in [0.05, 0.1) is 23.9 Å². The first-order valence-corrected chi connectivity index (χ1v) is 11.8. The van der Waals surface area contributed by atoms with Crippen molar-refractivity contribution < 1.29 is 13.9 Å². The smallest absolute Gasteiger partial charge is 0.125 e. The van der Waals surface area contributed by atoms with E-state index in [9.17, 15) is 4.39 Å². The van der Waals surface area contributed by atoms with Crippen LogP contribution in [0.3, 0.4) is 0 Å². The van der Waals surface area contributed by atoms with Gasteiger partial charge in [-0.1, -0.05) is 54.1 Å². The number of ether oxygens (including phenoxy) is 2. The molecule has 0 aliphatic carbocycles. The molecule has 0 radical (unpaired) electrons. The van der Waals surface area contributed by atoms with Crippen LogP contribution in [0.15, 0.2) is 78.9 Å². The van der Waals surface area contributed by atoms with Crippen molar-refractivity contribution in [2.24, 2.45) is 0 Å². The van der Waals surface area contributed by atoms with E-state index in [0.29, 0.717) is 13.2 Å². The summed E-state index contributed by atoms with van der Waals surface area (Å²) >= 11 is 6.63. The van der Waals surface area contributed by atoms with Gasteiger partial charge in [0.1, 0.15) is 18.2 Å². The standard InChI is InChI=1S/C28H26ClFN2O2/c29-26-17-23(10-11-27(26)32-13-15-33-16-14-32)31-18-25-24-4-2-1-3-21(24)7-12-28(25)34-19-20-5-8-22(30)9-6-20/h1-12,17,31H,13-16,18-19H2. The van der Waals surface area contributed by atoms with E-state index in [2.05, 4.69) is 40.5 Å². The lowest BCUT2D eigenvalue weighted by Crippen LogP contribution is -2.36. The van der Waals surface area contributed by atoms with Crippen LogP contribution in [0.2, 0.25) is 5.02 Å². The number of morpholine rings is 1. The summed E-state index contributed by atoms with van der Waals surface area (Å²) in [5.74, 6) is 0.546. The van der Waals surface area contributed by atoms with Crippen molar-refractivity contribution in [3.05, 3.63) is 101 Å². The molecule has 1 N–H and O–H groups in total. The minimum Gasteiger partial charge on any atom is -0.489 e. The maximum Gasteiger partial charge on any atom is 0.125 e. The van der Waals surface area contributed by atoms with Crippen LogP contribution in [0.1, 0.15) is 11.1 Å². The number of anilines is 2. The molecule has 0 amide bonds. The third-order valence-corrected chi connectivity index (χ3v) is 6.38. The molecule has 0 saturated carbocycles. The Kier molecular flexibility index (Phi) is 6.84. The molecule has 0 atom stereocenters. The monoisotopic (exact) mass is 476 g/mol. The van der Waals surface area contributed by atoms with Gasteiger partial charge in [-0.05, 0) is 52.7 Å². The van der Waals surface area contributed by atoms with Crippen LogP contribution in [0, 0.1) is 5.82 Å². The Morgan fingerprint density at radius 3 is 2.53 bits per heavy atom. The summed E-state index contributed by atoms with van der Waals surface area (Å²) in [5, 5.41) is 6.51. The Labute approximate surface area is 203 Å². The summed E-state index contributed by atoms with van der Waals surface area (Å²) in [6.07, 6.45) is 0. The number of rotatable bonds is 7. The van der Waals surface area contributed by atoms with Crippen molar-refractivity contribution in [3.8, 4) is 5.75 Å². The maximum atomic E-state index is 13.2. The third-order valence-electron chi connectivity index (χ3n) is 6.07. The molecule has 0 bridgehead atoms. The molecule has 0 aromatic heterocycles. The molecule has 34 heavy (non-hydrogen) atoms. The van der Waals surface area contributed by atoms with E-state index in [1.54, 1.807) is 12.1 Å². The molecule has 1 aliphatic heterocycles. The summed E-state index contributed by atoms with van der Waals surface area (Å²) in [6, 6.07) is 24.8. The van der Waals surface area contributed by atoms with Crippen molar-refractivity contribution >= 4 is 33.7 Å². The zero-order chi connectivity index (χ0) is 23.3. The van der Waals surface area contributed by atoms with Crippen LogP contribution in [0.4, 0.5) is 15.8 Å². The highest BCUT2D eigenvalue weighted by Crippen LogP contribution is 2.32. The van der Waals surface area contributed by atoms with E-state index in [4.69, 9.17) is 21.1 Å². The molecular formula is C28H26ClFN2O2. The number of nitrogens with one attached hydrogen (secondary N) is 1. The van der Waals surface area contributed by atoms with Crippen LogP contribution in [-0.4, -0.2) is 26.3 Å². The Morgan fingerprint density at radius 2 is 1.74 bits per heavy atom. The first-order chi connectivity index (χ1) is 16.7. The summed E-state index contributed by atoms with van der Waals surface area (Å²) in [7, 11) is 0. The van der Waals surface area contributed by atoms with Gasteiger partial charge in [-0.3, -0.25) is 0 Å². The van der Waals surface area contributed by atoms with E-state index >= 15 is 0 Å². The molecule has 1 heterocycles. The molecular weight excluding hydrogens is 451 g/mol. The SMILES string of the molecule is Fc1ccc(COc2ccc3ccccc3c2CNc2ccc(N3CCOCC3)c(Cl)c2)cc1. The minimum atomic E-state index is -0.252. The van der Waals surface area contributed by atoms with Gasteiger partial charge >= 0.3 is 0 Å². The lowest BCUT2D eigenvalue weighted by Gasteiger charge is -2.29. The molecule has 1 aliphatic rings. The highest BCUT2D eigenvalue weighted by molar-refractivity contribution is 6.33. The number of nitrogens with zero attached hydrogens (tertiary/aromatic N) is 1. The van der Waals surface area contributed by atoms with Gasteiger partial charge in [-0.25, -0.2) is 4.39 Å². The predicted molar refractivity (Wildman–Crippen MR) is 136 cm³/mol. The Hall–Kier alpha value is -3.28. The molecule has 4 aromatic rings. The fourth-order valence-electron chi connectivity index (χ4n) is 4.24. The zero-order valence-electron chi connectivity index (χ0n) is 18.8. The van der Waals surface area contributed by atoms with Gasteiger partial charge in [0.25, 0.3) is 0 Å². The van der Waals surface area contributed by atoms with Crippen LogP contribution in [0.5, 0.6) is 5.75 Å². The molecule has 0 unspecified atom stereocenters. The first-order valence-electron chi connectivity index (χ1n) is 11.4. The largest absolute Gasteiger partial charge is 0.489 e. The first kappa shape index (κ1) is 22.5. The summed E-state index contributed by atoms with van der Waals surface area (Å²) in [5.41, 5.74) is 3.95. The molecule has 1 saturated heterocycles. The summed E-state index contributed by atoms with van der Waals surface area (Å²) in [4.78, 5) is 2.25. The third kappa shape index (κ3) is 5.11. The molecule has 5 rings (SSSR count). The second kappa shape index (κ2) is 10.3. The normalized spacial score (nSPS) is 13.8. The molecule has 6 heteroatoms. The van der Waals surface area contributed by atoms with Crippen LogP contribution in [-0.2, 0) is 17.9 Å². The predicted octanol–water partition coefficient (Wildman–Crippen LogP) is 6.66. The number of benzene rings is 4. The van der Waals surface area contributed by atoms with Crippen molar-refractivity contribution in [2.75, 3.05) is 36.5 Å². The zero-order valence-corrected chi connectivity index (χ0v) is 19.5. The van der Waals surface area contributed by atoms with Crippen molar-refractivity contribution in [2.45, 2.75) is 13.2 Å². The van der Waals surface area contributed by atoms with Crippen molar-refractivity contribution in [3.63, 3.8) is 0 Å². The minimum absolute atomic E-state index is 0.252. The van der Waals surface area contributed by atoms with Crippen LogP contribution < -0.4 is 15.0 Å². The summed E-state index contributed by atoms with van der Waals surface area (Å²) in [6.45, 7) is 4.07. The second-order valence-electron chi connectivity index (χ2n) is 8.30. The van der Waals surface area contributed by atoms with Gasteiger partial charge in [0.15, 0.2) is 0 Å². The van der Waals surface area contributed by atoms with E-state index in [-0.39, 0.29) is 5.82 Å². The number of halogens is 2. The second-order valence-corrected chi connectivity index (χ2v) is 8.70. The Bertz CT molecular complexity index is 1270. The van der Waals surface area contributed by atoms with E-state index in [1.165, 1.54) is 12.1 Å². The lowest BCUT2D eigenvalue weighted by atomic mass is 10.0. The average molecular weight is 477 g/mol. The van der Waals surface area contributed by atoms with E-state index < -0.39 is 0 Å². The van der Waals surface area contributed by atoms with E-state index in [1.807, 2.05) is 24.3 Å². The van der Waals surface area contributed by atoms with Crippen molar-refractivity contribution in [1.82, 2.24) is 0 Å². The number of fused-ring (bicyclic) bond motifs is 1. The lowest BCUT2D eigenvalue weighted by molar-refractivity contribution is 0.122. The van der Waals surface area contributed by atoms with Gasteiger partial charge in [-0.15, -0.1) is 0 Å². The highest BCUT2D eigenvalue weighted by Gasteiger charge is 2.15. The van der Waals surface area contributed by atoms with Crippen LogP contribution >= 0.6 is 11.6 Å². The topological polar surface area (TPSA) is 33.7 Å². The molecule has 4 aromatic carbocycles. The number of hydrogen-bond acceptors (Lipinski definition) is 4. The maximum absolute atomic E-state index is 13.2. The molecule has 4 nitrogen and oxygen atoms in total. The highest BCUT2D eigenvalue weighted by atomic mass is 35.5. The fourth-order valence-corrected chi connectivity index (χ4v) is 4.54.